The van der Waals surface area contributed by atoms with Gasteiger partial charge in [-0.2, -0.15) is 4.79 Å². The van der Waals surface area contributed by atoms with Crippen molar-refractivity contribution in [3.8, 4) is 5.75 Å². The van der Waals surface area contributed by atoms with Crippen LogP contribution in [-0.4, -0.2) is 13.2 Å². The van der Waals surface area contributed by atoms with Crippen LogP contribution in [0.4, 0.5) is 4.79 Å². The Morgan fingerprint density at radius 3 is 2.39 bits per heavy atom. The highest BCUT2D eigenvalue weighted by Crippen LogP contribution is 2.04. The Morgan fingerprint density at radius 1 is 1.11 bits per heavy atom. The molecule has 0 spiro atoms. The van der Waals surface area contributed by atoms with Gasteiger partial charge in [-0.15, -0.1) is 0 Å². The topological polar surface area (TPSA) is 39.4 Å². The summed E-state index contributed by atoms with van der Waals surface area (Å²) in [6.45, 7) is 0.263. The summed E-state index contributed by atoms with van der Waals surface area (Å²) in [5.74, 6) is 0.696. The highest BCUT2D eigenvalue weighted by Gasteiger charge is 2.15. The van der Waals surface area contributed by atoms with E-state index in [2.05, 4.69) is 0 Å². The van der Waals surface area contributed by atoms with E-state index in [1.165, 1.54) is 4.57 Å². The molecule has 0 radical (unpaired) electrons. The van der Waals surface area contributed by atoms with E-state index in [0.29, 0.717) is 5.75 Å². The van der Waals surface area contributed by atoms with E-state index < -0.39 is 6.09 Å². The lowest BCUT2D eigenvalue weighted by molar-refractivity contribution is -0.586. The number of pyridine rings is 1. The fourth-order valence-electron chi connectivity index (χ4n) is 1.46. The second-order valence-corrected chi connectivity index (χ2v) is 3.69. The summed E-state index contributed by atoms with van der Waals surface area (Å²) in [4.78, 5) is 11.7. The van der Waals surface area contributed by atoms with Crippen molar-refractivity contribution in [3.63, 3.8) is 0 Å². The molecule has 1 aromatic carbocycles. The molecule has 1 heterocycles. The predicted octanol–water partition coefficient (Wildman–Crippen LogP) is 2.17. The van der Waals surface area contributed by atoms with Crippen molar-refractivity contribution in [1.82, 2.24) is 0 Å². The summed E-state index contributed by atoms with van der Waals surface area (Å²) in [6, 6.07) is 12.9. The SMILES string of the molecule is COc1cc[n+](C(=O)OCc2ccccc2)cc1. The molecular weight excluding hydrogens is 230 g/mol. The minimum Gasteiger partial charge on any atom is -0.496 e. The first kappa shape index (κ1) is 12.1. The van der Waals surface area contributed by atoms with Gasteiger partial charge in [0.1, 0.15) is 12.4 Å². The van der Waals surface area contributed by atoms with Crippen LogP contribution in [0, 0.1) is 0 Å². The summed E-state index contributed by atoms with van der Waals surface area (Å²) < 4.78 is 11.6. The molecule has 0 bridgehead atoms. The first-order chi connectivity index (χ1) is 8.79. The zero-order valence-electron chi connectivity index (χ0n) is 10.1. The van der Waals surface area contributed by atoms with Crippen molar-refractivity contribution in [2.75, 3.05) is 7.11 Å². The number of methoxy groups -OCH3 is 1. The molecule has 0 N–H and O–H groups in total. The molecule has 92 valence electrons. The molecule has 0 aliphatic rings. The number of nitrogens with zero attached hydrogens (tertiary/aromatic N) is 1. The molecule has 0 amide bonds. The smallest absolute Gasteiger partial charge is 0.496 e. The predicted molar refractivity (Wildman–Crippen MR) is 65.2 cm³/mol. The van der Waals surface area contributed by atoms with E-state index in [0.717, 1.165) is 5.56 Å². The largest absolute Gasteiger partial charge is 0.602 e. The quantitative estimate of drug-likeness (QED) is 0.777. The Hall–Kier alpha value is -2.36. The van der Waals surface area contributed by atoms with Crippen LogP contribution >= 0.6 is 0 Å². The van der Waals surface area contributed by atoms with Gasteiger partial charge < -0.3 is 9.47 Å². The maximum absolute atomic E-state index is 11.7. The first-order valence-corrected chi connectivity index (χ1v) is 5.56. The van der Waals surface area contributed by atoms with Crippen LogP contribution in [0.25, 0.3) is 0 Å². The van der Waals surface area contributed by atoms with Crippen LogP contribution in [0.3, 0.4) is 0 Å². The van der Waals surface area contributed by atoms with Gasteiger partial charge in [0, 0.05) is 12.1 Å². The van der Waals surface area contributed by atoms with Crippen molar-refractivity contribution < 1.29 is 18.8 Å². The standard InChI is InChI=1S/C14H14NO3/c1-17-13-7-9-15(10-8-13)14(16)18-11-12-5-3-2-4-6-12/h2-10H,11H2,1H3/q+1. The molecule has 2 rings (SSSR count). The molecule has 1 aromatic heterocycles. The minimum absolute atomic E-state index is 0.263. The molecule has 0 unspecified atom stereocenters. The van der Waals surface area contributed by atoms with Gasteiger partial charge in [-0.25, -0.2) is 0 Å². The van der Waals surface area contributed by atoms with E-state index in [1.54, 1.807) is 31.6 Å². The summed E-state index contributed by atoms with van der Waals surface area (Å²) in [5.41, 5.74) is 0.958. The highest BCUT2D eigenvalue weighted by molar-refractivity contribution is 5.56. The Morgan fingerprint density at radius 2 is 1.78 bits per heavy atom. The Bertz CT molecular complexity index is 508. The average Bonchev–Trinajstić information content (AvgIpc) is 2.46. The van der Waals surface area contributed by atoms with Crippen molar-refractivity contribution >= 4 is 6.09 Å². The molecule has 0 fully saturated rings. The van der Waals surface area contributed by atoms with E-state index in [1.807, 2.05) is 30.3 Å². The highest BCUT2D eigenvalue weighted by atomic mass is 16.5. The summed E-state index contributed by atoms with van der Waals surface area (Å²) in [5, 5.41) is 0. The number of hydrogen-bond donors (Lipinski definition) is 0. The average molecular weight is 244 g/mol. The van der Waals surface area contributed by atoms with Crippen molar-refractivity contribution in [2.24, 2.45) is 0 Å². The third kappa shape index (κ3) is 3.07. The monoisotopic (exact) mass is 244 g/mol. The first-order valence-electron chi connectivity index (χ1n) is 5.56. The molecule has 0 aliphatic carbocycles. The second-order valence-electron chi connectivity index (χ2n) is 3.69. The van der Waals surface area contributed by atoms with Crippen LogP contribution in [0.1, 0.15) is 5.56 Å². The van der Waals surface area contributed by atoms with Crippen LogP contribution < -0.4 is 9.30 Å². The van der Waals surface area contributed by atoms with Gasteiger partial charge >= 0.3 is 6.09 Å². The van der Waals surface area contributed by atoms with Gasteiger partial charge in [0.05, 0.1) is 7.11 Å². The second kappa shape index (κ2) is 5.82. The molecular formula is C14H14NO3+. The zero-order valence-corrected chi connectivity index (χ0v) is 10.1. The van der Waals surface area contributed by atoms with E-state index >= 15 is 0 Å². The number of aromatic nitrogens is 1. The van der Waals surface area contributed by atoms with Crippen molar-refractivity contribution in [2.45, 2.75) is 6.61 Å². The molecule has 4 heteroatoms. The normalized spacial score (nSPS) is 9.83. The maximum atomic E-state index is 11.7. The molecule has 2 aromatic rings. The van der Waals surface area contributed by atoms with Crippen LogP contribution in [0.2, 0.25) is 0 Å². The van der Waals surface area contributed by atoms with E-state index in [9.17, 15) is 4.79 Å². The molecule has 4 nitrogen and oxygen atoms in total. The van der Waals surface area contributed by atoms with Gasteiger partial charge in [-0.3, -0.25) is 0 Å². The van der Waals surface area contributed by atoms with Gasteiger partial charge in [0.25, 0.3) is 0 Å². The van der Waals surface area contributed by atoms with Crippen LogP contribution in [-0.2, 0) is 11.3 Å². The van der Waals surface area contributed by atoms with E-state index in [-0.39, 0.29) is 6.61 Å². The molecule has 18 heavy (non-hydrogen) atoms. The van der Waals surface area contributed by atoms with Crippen molar-refractivity contribution in [3.05, 3.63) is 60.4 Å². The lowest BCUT2D eigenvalue weighted by Gasteiger charge is -2.00. The van der Waals surface area contributed by atoms with Gasteiger partial charge in [-0.05, 0) is 5.56 Å². The summed E-state index contributed by atoms with van der Waals surface area (Å²) in [7, 11) is 1.58. The van der Waals surface area contributed by atoms with Crippen LogP contribution in [0.5, 0.6) is 5.75 Å². The van der Waals surface area contributed by atoms with Crippen LogP contribution in [0.15, 0.2) is 54.9 Å². The summed E-state index contributed by atoms with van der Waals surface area (Å²) >= 11 is 0. The van der Waals surface area contributed by atoms with Gasteiger partial charge in [0.2, 0.25) is 0 Å². The Labute approximate surface area is 105 Å². The maximum Gasteiger partial charge on any atom is 0.602 e. The molecule has 0 aliphatic heterocycles. The van der Waals surface area contributed by atoms with Gasteiger partial charge in [0.15, 0.2) is 12.4 Å². The number of carbonyl (C=O) groups excluding carboxylic acids is 1. The van der Waals surface area contributed by atoms with Crippen molar-refractivity contribution in [1.29, 1.82) is 0 Å². The molecule has 0 saturated carbocycles. The third-order valence-electron chi connectivity index (χ3n) is 2.45. The summed E-state index contributed by atoms with van der Waals surface area (Å²) in [6.07, 6.45) is 2.79. The molecule has 0 atom stereocenters. The van der Waals surface area contributed by atoms with E-state index in [4.69, 9.17) is 9.47 Å². The zero-order chi connectivity index (χ0) is 12.8. The Balaban J connectivity index is 1.95. The number of carbonyl (C=O) groups is 1. The fraction of sp³-hybridized carbons (Fsp3) is 0.143. The number of rotatable bonds is 3. The molecule has 0 saturated heterocycles. The lowest BCUT2D eigenvalue weighted by Crippen LogP contribution is -2.42. The number of ether oxygens (including phenoxy) is 2. The third-order valence-corrected chi connectivity index (χ3v) is 2.45. The Kier molecular flexibility index (Phi) is 3.91. The number of hydrogen-bond acceptors (Lipinski definition) is 3. The minimum atomic E-state index is -0.415. The van der Waals surface area contributed by atoms with Gasteiger partial charge in [-0.1, -0.05) is 34.9 Å². The number of benzene rings is 1. The lowest BCUT2D eigenvalue weighted by atomic mass is 10.2. The fourth-order valence-corrected chi connectivity index (χ4v) is 1.46.